The van der Waals surface area contributed by atoms with Gasteiger partial charge in [0.1, 0.15) is 11.6 Å². The van der Waals surface area contributed by atoms with Crippen LogP contribution >= 0.6 is 0 Å². The van der Waals surface area contributed by atoms with E-state index in [0.29, 0.717) is 0 Å². The van der Waals surface area contributed by atoms with Crippen LogP contribution in [-0.4, -0.2) is 4.98 Å². The molecule has 0 unspecified atom stereocenters. The maximum Gasteiger partial charge on any atom is 0.265 e. The van der Waals surface area contributed by atoms with E-state index in [1.807, 2.05) is 0 Å². The van der Waals surface area contributed by atoms with Crippen LogP contribution in [0.5, 0.6) is 0 Å². The molecule has 1 heterocycles. The van der Waals surface area contributed by atoms with Crippen molar-refractivity contribution in [3.05, 3.63) is 28.8 Å². The summed E-state index contributed by atoms with van der Waals surface area (Å²) in [7, 11) is 0. The fourth-order valence-electron chi connectivity index (χ4n) is 0.983. The van der Waals surface area contributed by atoms with E-state index >= 15 is 0 Å². The van der Waals surface area contributed by atoms with E-state index < -0.39 is 23.5 Å². The fourth-order valence-corrected chi connectivity index (χ4v) is 0.983. The first-order valence-corrected chi connectivity index (χ1v) is 3.41. The van der Waals surface area contributed by atoms with Crippen LogP contribution in [0.3, 0.4) is 0 Å². The summed E-state index contributed by atoms with van der Waals surface area (Å²) in [6.45, 7) is 1.36. The standard InChI is InChI=1S/C8H5F3N2/c1-4-3-13-8(11)5(2-12)6(4)7(9)10/h3,7H,1H3. The quantitative estimate of drug-likeness (QED) is 0.631. The van der Waals surface area contributed by atoms with Crippen LogP contribution in [0.1, 0.15) is 23.1 Å². The van der Waals surface area contributed by atoms with Crippen LogP contribution < -0.4 is 0 Å². The van der Waals surface area contributed by atoms with Crippen molar-refractivity contribution in [2.75, 3.05) is 0 Å². The van der Waals surface area contributed by atoms with Gasteiger partial charge in [-0.1, -0.05) is 0 Å². The molecule has 0 saturated carbocycles. The van der Waals surface area contributed by atoms with Gasteiger partial charge in [-0.3, -0.25) is 0 Å². The molecule has 13 heavy (non-hydrogen) atoms. The van der Waals surface area contributed by atoms with Gasteiger partial charge in [-0.15, -0.1) is 0 Å². The first-order valence-electron chi connectivity index (χ1n) is 3.41. The van der Waals surface area contributed by atoms with Crippen LogP contribution in [0.15, 0.2) is 6.20 Å². The van der Waals surface area contributed by atoms with Crippen molar-refractivity contribution in [2.45, 2.75) is 13.3 Å². The Balaban J connectivity index is 3.46. The highest BCUT2D eigenvalue weighted by molar-refractivity contribution is 5.41. The molecule has 68 valence electrons. The van der Waals surface area contributed by atoms with Crippen molar-refractivity contribution < 1.29 is 13.2 Å². The highest BCUT2D eigenvalue weighted by Crippen LogP contribution is 2.26. The van der Waals surface area contributed by atoms with E-state index in [2.05, 4.69) is 4.98 Å². The lowest BCUT2D eigenvalue weighted by Gasteiger charge is -2.05. The van der Waals surface area contributed by atoms with Crippen LogP contribution in [0.2, 0.25) is 0 Å². The highest BCUT2D eigenvalue weighted by Gasteiger charge is 2.19. The summed E-state index contributed by atoms with van der Waals surface area (Å²) in [5.41, 5.74) is -1.13. The minimum Gasteiger partial charge on any atom is -0.227 e. The number of alkyl halides is 2. The summed E-state index contributed by atoms with van der Waals surface area (Å²) in [5, 5.41) is 8.41. The van der Waals surface area contributed by atoms with Gasteiger partial charge in [0.05, 0.1) is 0 Å². The number of nitriles is 1. The molecule has 0 fully saturated rings. The monoisotopic (exact) mass is 186 g/mol. The van der Waals surface area contributed by atoms with Crippen molar-refractivity contribution in [1.29, 1.82) is 5.26 Å². The number of hydrogen-bond donors (Lipinski definition) is 0. The van der Waals surface area contributed by atoms with Crippen LogP contribution in [0.4, 0.5) is 13.2 Å². The highest BCUT2D eigenvalue weighted by atomic mass is 19.3. The molecule has 0 saturated heterocycles. The van der Waals surface area contributed by atoms with Gasteiger partial charge in [0.15, 0.2) is 0 Å². The molecule has 0 spiro atoms. The molecule has 1 aromatic heterocycles. The predicted octanol–water partition coefficient (Wildman–Crippen LogP) is 2.34. The molecule has 5 heteroatoms. The molecular formula is C8H5F3N2. The summed E-state index contributed by atoms with van der Waals surface area (Å²) >= 11 is 0. The molecule has 0 radical (unpaired) electrons. The Morgan fingerprint density at radius 3 is 2.54 bits per heavy atom. The Bertz CT molecular complexity index is 368. The van der Waals surface area contributed by atoms with Gasteiger partial charge in [0.25, 0.3) is 6.43 Å². The SMILES string of the molecule is Cc1cnc(F)c(C#N)c1C(F)F. The summed E-state index contributed by atoms with van der Waals surface area (Å²) in [6.07, 6.45) is -1.87. The van der Waals surface area contributed by atoms with Gasteiger partial charge in [-0.25, -0.2) is 13.8 Å². The lowest BCUT2D eigenvalue weighted by atomic mass is 10.1. The van der Waals surface area contributed by atoms with E-state index in [-0.39, 0.29) is 5.56 Å². The Morgan fingerprint density at radius 2 is 2.15 bits per heavy atom. The van der Waals surface area contributed by atoms with Crippen molar-refractivity contribution in [3.8, 4) is 6.07 Å². The third-order valence-corrected chi connectivity index (χ3v) is 1.60. The van der Waals surface area contributed by atoms with Crippen molar-refractivity contribution in [1.82, 2.24) is 4.98 Å². The van der Waals surface area contributed by atoms with Gasteiger partial charge in [-0.05, 0) is 12.5 Å². The lowest BCUT2D eigenvalue weighted by molar-refractivity contribution is 0.149. The average molecular weight is 186 g/mol. The number of hydrogen-bond acceptors (Lipinski definition) is 2. The largest absolute Gasteiger partial charge is 0.265 e. The molecule has 0 aliphatic carbocycles. The van der Waals surface area contributed by atoms with Crippen LogP contribution in [0, 0.1) is 24.2 Å². The molecule has 0 N–H and O–H groups in total. The van der Waals surface area contributed by atoms with E-state index in [4.69, 9.17) is 5.26 Å². The Labute approximate surface area is 72.6 Å². The lowest BCUT2D eigenvalue weighted by Crippen LogP contribution is -2.00. The Hall–Kier alpha value is -1.57. The molecule has 1 aromatic rings. The normalized spacial score (nSPS) is 10.2. The third kappa shape index (κ3) is 1.61. The van der Waals surface area contributed by atoms with E-state index in [0.717, 1.165) is 6.20 Å². The minimum atomic E-state index is -2.85. The molecule has 0 amide bonds. The number of aromatic nitrogens is 1. The molecular weight excluding hydrogens is 181 g/mol. The number of nitrogens with zero attached hydrogens (tertiary/aromatic N) is 2. The molecule has 0 aromatic carbocycles. The maximum absolute atomic E-state index is 12.7. The number of halogens is 3. The summed E-state index contributed by atoms with van der Waals surface area (Å²) in [6, 6.07) is 1.37. The summed E-state index contributed by atoms with van der Waals surface area (Å²) in [4.78, 5) is 3.17. The van der Waals surface area contributed by atoms with Gasteiger partial charge in [-0.2, -0.15) is 9.65 Å². The second kappa shape index (κ2) is 3.44. The van der Waals surface area contributed by atoms with E-state index in [9.17, 15) is 13.2 Å². The number of aryl methyl sites for hydroxylation is 1. The molecule has 2 nitrogen and oxygen atoms in total. The molecule has 0 atom stereocenters. The summed E-state index contributed by atoms with van der Waals surface area (Å²) in [5.74, 6) is -1.15. The molecule has 0 aliphatic rings. The van der Waals surface area contributed by atoms with Gasteiger partial charge >= 0.3 is 0 Å². The van der Waals surface area contributed by atoms with Crippen LogP contribution in [0.25, 0.3) is 0 Å². The molecule has 0 aliphatic heterocycles. The second-order valence-electron chi connectivity index (χ2n) is 2.43. The minimum absolute atomic E-state index is 0.118. The maximum atomic E-state index is 12.7. The first-order chi connectivity index (χ1) is 6.07. The Morgan fingerprint density at radius 1 is 1.54 bits per heavy atom. The first kappa shape index (κ1) is 9.52. The van der Waals surface area contributed by atoms with E-state index in [1.165, 1.54) is 13.0 Å². The smallest absolute Gasteiger partial charge is 0.227 e. The second-order valence-corrected chi connectivity index (χ2v) is 2.43. The number of rotatable bonds is 1. The fraction of sp³-hybridized carbons (Fsp3) is 0.250. The van der Waals surface area contributed by atoms with Crippen molar-refractivity contribution in [2.24, 2.45) is 0 Å². The summed E-state index contributed by atoms with van der Waals surface area (Å²) < 4.78 is 37.3. The zero-order chi connectivity index (χ0) is 10.0. The molecule has 1 rings (SSSR count). The van der Waals surface area contributed by atoms with Crippen LogP contribution in [-0.2, 0) is 0 Å². The van der Waals surface area contributed by atoms with Gasteiger partial charge in [0, 0.05) is 11.8 Å². The van der Waals surface area contributed by atoms with Gasteiger partial charge < -0.3 is 0 Å². The van der Waals surface area contributed by atoms with Gasteiger partial charge in [0.2, 0.25) is 5.95 Å². The Kier molecular flexibility index (Phi) is 2.52. The topological polar surface area (TPSA) is 36.7 Å². The van der Waals surface area contributed by atoms with Crippen molar-refractivity contribution >= 4 is 0 Å². The number of pyridine rings is 1. The zero-order valence-electron chi connectivity index (χ0n) is 6.68. The third-order valence-electron chi connectivity index (χ3n) is 1.60. The molecule has 0 bridgehead atoms. The zero-order valence-corrected chi connectivity index (χ0v) is 6.68. The predicted molar refractivity (Wildman–Crippen MR) is 38.6 cm³/mol. The van der Waals surface area contributed by atoms with Crippen molar-refractivity contribution in [3.63, 3.8) is 0 Å². The average Bonchev–Trinajstić information content (AvgIpc) is 2.07. The van der Waals surface area contributed by atoms with E-state index in [1.54, 1.807) is 0 Å².